The molecular formula is C15H19N3O3. The highest BCUT2D eigenvalue weighted by atomic mass is 16.4. The van der Waals surface area contributed by atoms with Crippen LogP contribution in [0.5, 0.6) is 0 Å². The van der Waals surface area contributed by atoms with Gasteiger partial charge in [0.25, 0.3) is 5.91 Å². The molecule has 2 rings (SSSR count). The summed E-state index contributed by atoms with van der Waals surface area (Å²) in [5.41, 5.74) is 1.21. The number of amides is 1. The van der Waals surface area contributed by atoms with Gasteiger partial charge in [-0.3, -0.25) is 4.79 Å². The van der Waals surface area contributed by atoms with Gasteiger partial charge in [0, 0.05) is 0 Å². The SMILES string of the molecule is CC(C)(C)C[C@H](NC(=O)c1nc2ccccc2[nH]1)C(=O)O. The second-order valence-electron chi connectivity index (χ2n) is 6.23. The van der Waals surface area contributed by atoms with Crippen molar-refractivity contribution in [3.8, 4) is 0 Å². The average molecular weight is 289 g/mol. The lowest BCUT2D eigenvalue weighted by Gasteiger charge is -2.23. The van der Waals surface area contributed by atoms with E-state index in [4.69, 9.17) is 0 Å². The van der Waals surface area contributed by atoms with E-state index >= 15 is 0 Å². The fourth-order valence-electron chi connectivity index (χ4n) is 2.10. The van der Waals surface area contributed by atoms with E-state index in [1.54, 1.807) is 6.07 Å². The zero-order chi connectivity index (χ0) is 15.6. The van der Waals surface area contributed by atoms with E-state index in [0.29, 0.717) is 11.9 Å². The van der Waals surface area contributed by atoms with E-state index < -0.39 is 17.9 Å². The first-order chi connectivity index (χ1) is 9.76. The lowest BCUT2D eigenvalue weighted by atomic mass is 9.88. The summed E-state index contributed by atoms with van der Waals surface area (Å²) in [5.74, 6) is -1.44. The van der Waals surface area contributed by atoms with Gasteiger partial charge in [0.15, 0.2) is 5.82 Å². The molecule has 1 heterocycles. The van der Waals surface area contributed by atoms with Crippen LogP contribution in [0.15, 0.2) is 24.3 Å². The van der Waals surface area contributed by atoms with Crippen molar-refractivity contribution in [3.63, 3.8) is 0 Å². The number of fused-ring (bicyclic) bond motifs is 1. The minimum absolute atomic E-state index is 0.122. The zero-order valence-electron chi connectivity index (χ0n) is 12.3. The third kappa shape index (κ3) is 3.81. The van der Waals surface area contributed by atoms with Crippen molar-refractivity contribution in [2.24, 2.45) is 5.41 Å². The Labute approximate surface area is 122 Å². The van der Waals surface area contributed by atoms with Crippen LogP contribution in [0.2, 0.25) is 0 Å². The number of para-hydroxylation sites is 2. The highest BCUT2D eigenvalue weighted by molar-refractivity contribution is 5.96. The number of hydrogen-bond acceptors (Lipinski definition) is 3. The van der Waals surface area contributed by atoms with Gasteiger partial charge in [-0.2, -0.15) is 0 Å². The topological polar surface area (TPSA) is 95.1 Å². The molecule has 0 bridgehead atoms. The van der Waals surface area contributed by atoms with E-state index in [0.717, 1.165) is 5.52 Å². The van der Waals surface area contributed by atoms with Crippen molar-refractivity contribution in [1.82, 2.24) is 15.3 Å². The average Bonchev–Trinajstić information content (AvgIpc) is 2.80. The van der Waals surface area contributed by atoms with Gasteiger partial charge < -0.3 is 15.4 Å². The number of H-pyrrole nitrogens is 1. The Hall–Kier alpha value is -2.37. The Morgan fingerprint density at radius 1 is 1.33 bits per heavy atom. The van der Waals surface area contributed by atoms with E-state index in [-0.39, 0.29) is 11.2 Å². The number of carbonyl (C=O) groups is 2. The van der Waals surface area contributed by atoms with E-state index in [9.17, 15) is 14.7 Å². The molecule has 6 nitrogen and oxygen atoms in total. The van der Waals surface area contributed by atoms with Crippen molar-refractivity contribution >= 4 is 22.9 Å². The number of hydrogen-bond donors (Lipinski definition) is 3. The van der Waals surface area contributed by atoms with Gasteiger partial charge >= 0.3 is 5.97 Å². The van der Waals surface area contributed by atoms with Gasteiger partial charge in [-0.05, 0) is 24.0 Å². The molecule has 112 valence electrons. The largest absolute Gasteiger partial charge is 0.480 e. The first-order valence-corrected chi connectivity index (χ1v) is 6.75. The van der Waals surface area contributed by atoms with Crippen LogP contribution in [0, 0.1) is 5.41 Å². The predicted octanol–water partition coefficient (Wildman–Crippen LogP) is 2.18. The maximum atomic E-state index is 12.1. The molecule has 0 fully saturated rings. The molecule has 21 heavy (non-hydrogen) atoms. The standard InChI is InChI=1S/C15H19N3O3/c1-15(2,3)8-11(14(20)21)18-13(19)12-16-9-6-4-5-7-10(9)17-12/h4-7,11H,8H2,1-3H3,(H,16,17)(H,18,19)(H,20,21)/t11-/m0/s1. The van der Waals surface area contributed by atoms with Crippen molar-refractivity contribution in [3.05, 3.63) is 30.1 Å². The summed E-state index contributed by atoms with van der Waals surface area (Å²) in [6, 6.07) is 6.31. The van der Waals surface area contributed by atoms with Crippen molar-refractivity contribution in [1.29, 1.82) is 0 Å². The summed E-state index contributed by atoms with van der Waals surface area (Å²) in [5, 5.41) is 11.7. The highest BCUT2D eigenvalue weighted by Crippen LogP contribution is 2.21. The third-order valence-electron chi connectivity index (χ3n) is 3.02. The number of carboxylic acids is 1. The minimum Gasteiger partial charge on any atom is -0.480 e. The molecule has 3 N–H and O–H groups in total. The third-order valence-corrected chi connectivity index (χ3v) is 3.02. The smallest absolute Gasteiger partial charge is 0.326 e. The summed E-state index contributed by atoms with van der Waals surface area (Å²) in [7, 11) is 0. The molecule has 1 aromatic carbocycles. The van der Waals surface area contributed by atoms with Crippen LogP contribution >= 0.6 is 0 Å². The molecule has 1 atom stereocenters. The Balaban J connectivity index is 2.16. The number of aromatic nitrogens is 2. The Kier molecular flexibility index (Phi) is 3.97. The first kappa shape index (κ1) is 15.0. The summed E-state index contributed by atoms with van der Waals surface area (Å²) in [6.07, 6.45) is 0.342. The molecule has 6 heteroatoms. The zero-order valence-corrected chi connectivity index (χ0v) is 12.3. The molecule has 0 spiro atoms. The first-order valence-electron chi connectivity index (χ1n) is 6.75. The molecule has 2 aromatic rings. The lowest BCUT2D eigenvalue weighted by Crippen LogP contribution is -2.43. The molecule has 1 aromatic heterocycles. The number of nitrogens with one attached hydrogen (secondary N) is 2. The van der Waals surface area contributed by atoms with Crippen molar-refractivity contribution < 1.29 is 14.7 Å². The Morgan fingerprint density at radius 3 is 2.57 bits per heavy atom. The van der Waals surface area contributed by atoms with Crippen LogP contribution < -0.4 is 5.32 Å². The Morgan fingerprint density at radius 2 is 2.00 bits per heavy atom. The van der Waals surface area contributed by atoms with E-state index in [1.807, 2.05) is 39.0 Å². The van der Waals surface area contributed by atoms with Crippen LogP contribution in [0.3, 0.4) is 0 Å². The molecule has 0 saturated carbocycles. The fourth-order valence-corrected chi connectivity index (χ4v) is 2.10. The van der Waals surface area contributed by atoms with Crippen LogP contribution in [0.4, 0.5) is 0 Å². The summed E-state index contributed by atoms with van der Waals surface area (Å²) in [4.78, 5) is 30.5. The number of aliphatic carboxylic acids is 1. The van der Waals surface area contributed by atoms with Crippen LogP contribution in [-0.2, 0) is 4.79 Å². The molecule has 0 aliphatic heterocycles. The predicted molar refractivity (Wildman–Crippen MR) is 79.1 cm³/mol. The van der Waals surface area contributed by atoms with E-state index in [1.165, 1.54) is 0 Å². The van der Waals surface area contributed by atoms with Gasteiger partial charge in [0.2, 0.25) is 0 Å². The maximum Gasteiger partial charge on any atom is 0.326 e. The number of imidazole rings is 1. The number of carboxylic acid groups (broad SMARTS) is 1. The molecule has 0 aliphatic carbocycles. The van der Waals surface area contributed by atoms with Crippen molar-refractivity contribution in [2.45, 2.75) is 33.2 Å². The molecule has 0 unspecified atom stereocenters. The van der Waals surface area contributed by atoms with Gasteiger partial charge in [-0.15, -0.1) is 0 Å². The molecular weight excluding hydrogens is 270 g/mol. The quantitative estimate of drug-likeness (QED) is 0.804. The molecule has 0 aliphatic rings. The van der Waals surface area contributed by atoms with Crippen LogP contribution in [0.1, 0.15) is 37.8 Å². The summed E-state index contributed by atoms with van der Waals surface area (Å²) < 4.78 is 0. The van der Waals surface area contributed by atoms with Crippen LogP contribution in [-0.4, -0.2) is 33.0 Å². The summed E-state index contributed by atoms with van der Waals surface area (Å²) in [6.45, 7) is 5.78. The Bertz CT molecular complexity index is 637. The van der Waals surface area contributed by atoms with Gasteiger partial charge in [0.05, 0.1) is 11.0 Å². The maximum absolute atomic E-state index is 12.1. The number of nitrogens with zero attached hydrogens (tertiary/aromatic N) is 1. The summed E-state index contributed by atoms with van der Waals surface area (Å²) >= 11 is 0. The number of aromatic amines is 1. The van der Waals surface area contributed by atoms with E-state index in [2.05, 4.69) is 15.3 Å². The normalized spacial score (nSPS) is 13.1. The van der Waals surface area contributed by atoms with Gasteiger partial charge in [0.1, 0.15) is 6.04 Å². The number of carbonyl (C=O) groups excluding carboxylic acids is 1. The highest BCUT2D eigenvalue weighted by Gasteiger charge is 2.27. The monoisotopic (exact) mass is 289 g/mol. The molecule has 1 amide bonds. The van der Waals surface area contributed by atoms with Crippen molar-refractivity contribution in [2.75, 3.05) is 0 Å². The minimum atomic E-state index is -1.05. The second kappa shape index (κ2) is 5.55. The fraction of sp³-hybridized carbons (Fsp3) is 0.400. The number of benzene rings is 1. The molecule has 0 saturated heterocycles. The van der Waals surface area contributed by atoms with Crippen LogP contribution in [0.25, 0.3) is 11.0 Å². The number of rotatable bonds is 4. The van der Waals surface area contributed by atoms with Gasteiger partial charge in [-0.1, -0.05) is 32.9 Å². The lowest BCUT2D eigenvalue weighted by molar-refractivity contribution is -0.140. The second-order valence-corrected chi connectivity index (χ2v) is 6.23. The molecule has 0 radical (unpaired) electrons. The van der Waals surface area contributed by atoms with Gasteiger partial charge in [-0.25, -0.2) is 9.78 Å².